The van der Waals surface area contributed by atoms with Crippen LogP contribution in [0.4, 0.5) is 0 Å². The minimum absolute atomic E-state index is 0.126. The molecule has 3 nitrogen and oxygen atoms in total. The standard InChI is InChI=1S/C11H14BrNO2/c1-7(2)10(11(14)15)4-8-3-9(12)6-13-5-8/h3,5-7,10H,4H2,1-2H3,(H,14,15). The van der Waals surface area contributed by atoms with Gasteiger partial charge in [0.1, 0.15) is 0 Å². The Morgan fingerprint density at radius 3 is 2.67 bits per heavy atom. The van der Waals surface area contributed by atoms with Crippen molar-refractivity contribution in [2.75, 3.05) is 0 Å². The van der Waals surface area contributed by atoms with E-state index >= 15 is 0 Å². The van der Waals surface area contributed by atoms with E-state index in [2.05, 4.69) is 20.9 Å². The van der Waals surface area contributed by atoms with Gasteiger partial charge in [-0.3, -0.25) is 9.78 Å². The predicted octanol–water partition coefficient (Wildman–Crippen LogP) is 2.74. The van der Waals surface area contributed by atoms with Gasteiger partial charge in [0.2, 0.25) is 0 Å². The largest absolute Gasteiger partial charge is 0.481 e. The molecule has 15 heavy (non-hydrogen) atoms. The van der Waals surface area contributed by atoms with Gasteiger partial charge in [0.05, 0.1) is 5.92 Å². The van der Waals surface area contributed by atoms with Crippen LogP contribution in [-0.2, 0) is 11.2 Å². The molecule has 1 aromatic heterocycles. The van der Waals surface area contributed by atoms with Gasteiger partial charge < -0.3 is 5.11 Å². The maximum absolute atomic E-state index is 11.0. The molecule has 82 valence electrons. The van der Waals surface area contributed by atoms with E-state index < -0.39 is 5.97 Å². The Morgan fingerprint density at radius 1 is 1.53 bits per heavy atom. The average Bonchev–Trinajstić information content (AvgIpc) is 2.13. The summed E-state index contributed by atoms with van der Waals surface area (Å²) < 4.78 is 0.882. The van der Waals surface area contributed by atoms with Gasteiger partial charge in [0, 0.05) is 16.9 Å². The highest BCUT2D eigenvalue weighted by Crippen LogP contribution is 2.19. The first-order chi connectivity index (χ1) is 7.00. The zero-order valence-electron chi connectivity index (χ0n) is 8.77. The lowest BCUT2D eigenvalue weighted by Gasteiger charge is -2.15. The molecule has 0 aliphatic rings. The van der Waals surface area contributed by atoms with Crippen molar-refractivity contribution in [3.8, 4) is 0 Å². The zero-order chi connectivity index (χ0) is 11.4. The number of aliphatic carboxylic acids is 1. The van der Waals surface area contributed by atoms with Crippen molar-refractivity contribution >= 4 is 21.9 Å². The monoisotopic (exact) mass is 271 g/mol. The van der Waals surface area contributed by atoms with E-state index in [0.29, 0.717) is 6.42 Å². The van der Waals surface area contributed by atoms with Gasteiger partial charge >= 0.3 is 5.97 Å². The fourth-order valence-corrected chi connectivity index (χ4v) is 1.84. The topological polar surface area (TPSA) is 50.2 Å². The summed E-state index contributed by atoms with van der Waals surface area (Å²) in [6, 6.07) is 1.91. The van der Waals surface area contributed by atoms with Crippen LogP contribution in [-0.4, -0.2) is 16.1 Å². The first-order valence-electron chi connectivity index (χ1n) is 4.83. The third kappa shape index (κ3) is 3.63. The van der Waals surface area contributed by atoms with E-state index in [1.165, 1.54) is 0 Å². The second kappa shape index (κ2) is 5.26. The molecule has 1 heterocycles. The highest BCUT2D eigenvalue weighted by Gasteiger charge is 2.21. The van der Waals surface area contributed by atoms with Gasteiger partial charge in [-0.1, -0.05) is 13.8 Å². The van der Waals surface area contributed by atoms with E-state index in [1.807, 2.05) is 19.9 Å². The van der Waals surface area contributed by atoms with Gasteiger partial charge in [-0.25, -0.2) is 0 Å². The second-order valence-electron chi connectivity index (χ2n) is 3.90. The Hall–Kier alpha value is -0.900. The quantitative estimate of drug-likeness (QED) is 0.916. The normalized spacial score (nSPS) is 12.8. The maximum atomic E-state index is 11.0. The van der Waals surface area contributed by atoms with Gasteiger partial charge in [0.25, 0.3) is 0 Å². The molecule has 1 aromatic rings. The lowest BCUT2D eigenvalue weighted by molar-refractivity contribution is -0.143. The van der Waals surface area contributed by atoms with E-state index in [0.717, 1.165) is 10.0 Å². The average molecular weight is 272 g/mol. The molecule has 0 aromatic carbocycles. The van der Waals surface area contributed by atoms with Gasteiger partial charge in [-0.2, -0.15) is 0 Å². The molecule has 0 aliphatic heterocycles. The molecule has 0 spiro atoms. The van der Waals surface area contributed by atoms with Crippen molar-refractivity contribution in [3.63, 3.8) is 0 Å². The SMILES string of the molecule is CC(C)C(Cc1cncc(Br)c1)C(=O)O. The number of hydrogen-bond donors (Lipinski definition) is 1. The molecular formula is C11H14BrNO2. The molecule has 1 N–H and O–H groups in total. The number of rotatable bonds is 4. The Balaban J connectivity index is 2.79. The number of carboxylic acid groups (broad SMARTS) is 1. The molecule has 0 amide bonds. The highest BCUT2D eigenvalue weighted by atomic mass is 79.9. The Kier molecular flexibility index (Phi) is 4.27. The fraction of sp³-hybridized carbons (Fsp3) is 0.455. The summed E-state index contributed by atoms with van der Waals surface area (Å²) in [4.78, 5) is 15.0. The third-order valence-corrected chi connectivity index (χ3v) is 2.77. The summed E-state index contributed by atoms with van der Waals surface area (Å²) in [6.07, 6.45) is 3.93. The van der Waals surface area contributed by atoms with Crippen LogP contribution in [0.1, 0.15) is 19.4 Å². The molecule has 1 rings (SSSR count). The number of halogens is 1. The van der Waals surface area contributed by atoms with Crippen LogP contribution >= 0.6 is 15.9 Å². The first kappa shape index (κ1) is 12.2. The van der Waals surface area contributed by atoms with Crippen molar-refractivity contribution in [2.24, 2.45) is 11.8 Å². The van der Waals surface area contributed by atoms with Crippen LogP contribution < -0.4 is 0 Å². The molecule has 0 radical (unpaired) electrons. The molecule has 0 saturated carbocycles. The van der Waals surface area contributed by atoms with Crippen LogP contribution in [0.3, 0.4) is 0 Å². The minimum Gasteiger partial charge on any atom is -0.481 e. The van der Waals surface area contributed by atoms with Crippen LogP contribution in [0, 0.1) is 11.8 Å². The van der Waals surface area contributed by atoms with Crippen molar-refractivity contribution in [2.45, 2.75) is 20.3 Å². The number of pyridine rings is 1. The van der Waals surface area contributed by atoms with Crippen molar-refractivity contribution in [3.05, 3.63) is 28.5 Å². The summed E-state index contributed by atoms with van der Waals surface area (Å²) in [7, 11) is 0. The van der Waals surface area contributed by atoms with Crippen LogP contribution in [0.5, 0.6) is 0 Å². The number of carboxylic acids is 1. The number of aromatic nitrogens is 1. The van der Waals surface area contributed by atoms with E-state index in [1.54, 1.807) is 12.4 Å². The van der Waals surface area contributed by atoms with Crippen LogP contribution in [0.15, 0.2) is 22.9 Å². The molecule has 4 heteroatoms. The first-order valence-corrected chi connectivity index (χ1v) is 5.62. The Labute approximate surface area is 97.7 Å². The third-order valence-electron chi connectivity index (χ3n) is 2.34. The molecule has 0 bridgehead atoms. The molecular weight excluding hydrogens is 258 g/mol. The van der Waals surface area contributed by atoms with Crippen molar-refractivity contribution in [1.82, 2.24) is 4.98 Å². The molecule has 0 aliphatic carbocycles. The summed E-state index contributed by atoms with van der Waals surface area (Å²) in [5.41, 5.74) is 0.950. The van der Waals surface area contributed by atoms with E-state index in [9.17, 15) is 4.79 Å². The molecule has 0 fully saturated rings. The smallest absolute Gasteiger partial charge is 0.307 e. The van der Waals surface area contributed by atoms with Gasteiger partial charge in [-0.15, -0.1) is 0 Å². The minimum atomic E-state index is -0.745. The molecule has 0 saturated heterocycles. The lowest BCUT2D eigenvalue weighted by Crippen LogP contribution is -2.22. The highest BCUT2D eigenvalue weighted by molar-refractivity contribution is 9.10. The Bertz CT molecular complexity index is 352. The summed E-state index contributed by atoms with van der Waals surface area (Å²) in [5, 5.41) is 9.04. The summed E-state index contributed by atoms with van der Waals surface area (Å²) in [6.45, 7) is 3.84. The van der Waals surface area contributed by atoms with Crippen LogP contribution in [0.2, 0.25) is 0 Å². The lowest BCUT2D eigenvalue weighted by atomic mass is 9.90. The predicted molar refractivity (Wildman–Crippen MR) is 61.6 cm³/mol. The number of carbonyl (C=O) groups is 1. The van der Waals surface area contributed by atoms with Crippen molar-refractivity contribution < 1.29 is 9.90 Å². The molecule has 1 unspecified atom stereocenters. The van der Waals surface area contributed by atoms with E-state index in [-0.39, 0.29) is 11.8 Å². The van der Waals surface area contributed by atoms with Gasteiger partial charge in [-0.05, 0) is 39.9 Å². The van der Waals surface area contributed by atoms with Gasteiger partial charge in [0.15, 0.2) is 0 Å². The maximum Gasteiger partial charge on any atom is 0.307 e. The summed E-state index contributed by atoms with van der Waals surface area (Å²) >= 11 is 3.32. The molecule has 1 atom stereocenters. The van der Waals surface area contributed by atoms with Crippen LogP contribution in [0.25, 0.3) is 0 Å². The second-order valence-corrected chi connectivity index (χ2v) is 4.82. The van der Waals surface area contributed by atoms with E-state index in [4.69, 9.17) is 5.11 Å². The summed E-state index contributed by atoms with van der Waals surface area (Å²) in [5.74, 6) is -0.965. The fourth-order valence-electron chi connectivity index (χ4n) is 1.43. The number of nitrogens with zero attached hydrogens (tertiary/aromatic N) is 1. The van der Waals surface area contributed by atoms with Crippen molar-refractivity contribution in [1.29, 1.82) is 0 Å². The Morgan fingerprint density at radius 2 is 2.20 bits per heavy atom. The zero-order valence-corrected chi connectivity index (χ0v) is 10.4. The number of hydrogen-bond acceptors (Lipinski definition) is 2.